The van der Waals surface area contributed by atoms with Crippen molar-refractivity contribution in [2.45, 2.75) is 84.0 Å². The van der Waals surface area contributed by atoms with Crippen LogP contribution in [0.2, 0.25) is 0 Å². The third kappa shape index (κ3) is 6.47. The molecule has 1 N–H and O–H groups in total. The van der Waals surface area contributed by atoms with Gasteiger partial charge in [0.05, 0.1) is 22.8 Å². The highest BCUT2D eigenvalue weighted by Crippen LogP contribution is 2.47. The lowest BCUT2D eigenvalue weighted by atomic mass is 9.79. The molecule has 206 valence electrons. The van der Waals surface area contributed by atoms with E-state index in [1.165, 1.54) is 57.1 Å². The molecule has 0 aromatic heterocycles. The maximum absolute atomic E-state index is 13.6. The van der Waals surface area contributed by atoms with Gasteiger partial charge in [0.2, 0.25) is 0 Å². The molecule has 0 saturated heterocycles. The van der Waals surface area contributed by atoms with Gasteiger partial charge in [-0.05, 0) is 18.9 Å². The van der Waals surface area contributed by atoms with Gasteiger partial charge in [0.25, 0.3) is 5.69 Å². The van der Waals surface area contributed by atoms with Crippen LogP contribution < -0.4 is 5.32 Å². The minimum Gasteiger partial charge on any atom is -0.462 e. The van der Waals surface area contributed by atoms with Gasteiger partial charge < -0.3 is 10.1 Å². The van der Waals surface area contributed by atoms with E-state index in [1.54, 1.807) is 31.2 Å². The van der Waals surface area contributed by atoms with E-state index in [0.29, 0.717) is 40.3 Å². The van der Waals surface area contributed by atoms with Gasteiger partial charge >= 0.3 is 5.97 Å². The Bertz CT molecular complexity index is 1290. The number of nitrogens with one attached hydrogen (secondary N) is 1. The molecular weight excluding hydrogens is 492 g/mol. The fraction of sp³-hybridized carbons (Fsp3) is 0.438. The van der Waals surface area contributed by atoms with Crippen LogP contribution in [-0.2, 0) is 9.53 Å². The zero-order chi connectivity index (χ0) is 27.8. The number of hydrogen-bond acceptors (Lipinski definition) is 6. The number of benzene rings is 2. The SMILES string of the molecule is CCCCCCCCCCCCOC(=O)C1=C(C)NC2=C(C(=O)c3ccccc32)[C@H]1c1cccc([N+](=O)[O-])c1. The summed E-state index contributed by atoms with van der Waals surface area (Å²) in [5.41, 5.74) is 3.73. The number of carbonyl (C=O) groups excluding carboxylic acids is 2. The molecule has 0 amide bonds. The molecule has 4 rings (SSSR count). The molecule has 1 atom stereocenters. The standard InChI is InChI=1S/C32H38N2O5/c1-3-4-5-6-7-8-9-10-11-14-20-39-32(36)27-22(2)33-30-25-18-12-13-19-26(25)31(35)29(30)28(27)23-16-15-17-24(21-23)34(37)38/h12-13,15-19,21,28,33H,3-11,14,20H2,1-2H3/t28-/m0/s1. The van der Waals surface area contributed by atoms with Crippen LogP contribution >= 0.6 is 0 Å². The van der Waals surface area contributed by atoms with Crippen molar-refractivity contribution in [3.8, 4) is 0 Å². The monoisotopic (exact) mass is 530 g/mol. The number of carbonyl (C=O) groups is 2. The predicted molar refractivity (Wildman–Crippen MR) is 152 cm³/mol. The second-order valence-corrected chi connectivity index (χ2v) is 10.4. The van der Waals surface area contributed by atoms with Gasteiger partial charge in [-0.2, -0.15) is 0 Å². The number of ketones is 1. The summed E-state index contributed by atoms with van der Waals surface area (Å²) in [5, 5.41) is 14.8. The van der Waals surface area contributed by atoms with Crippen molar-refractivity contribution in [3.63, 3.8) is 0 Å². The third-order valence-corrected chi connectivity index (χ3v) is 7.61. The zero-order valence-electron chi connectivity index (χ0n) is 23.0. The normalized spacial score (nSPS) is 16.2. The van der Waals surface area contributed by atoms with Crippen molar-refractivity contribution in [3.05, 3.63) is 92.2 Å². The molecule has 7 nitrogen and oxygen atoms in total. The van der Waals surface area contributed by atoms with Crippen molar-refractivity contribution in [2.24, 2.45) is 0 Å². The number of nitro benzene ring substituents is 1. The quantitative estimate of drug-likeness (QED) is 0.117. The molecule has 0 spiro atoms. The Morgan fingerprint density at radius 2 is 1.56 bits per heavy atom. The average molecular weight is 531 g/mol. The van der Waals surface area contributed by atoms with E-state index in [9.17, 15) is 19.7 Å². The summed E-state index contributed by atoms with van der Waals surface area (Å²) < 4.78 is 5.71. The second-order valence-electron chi connectivity index (χ2n) is 10.4. The van der Waals surface area contributed by atoms with Gasteiger partial charge in [0.1, 0.15) is 0 Å². The van der Waals surface area contributed by atoms with E-state index >= 15 is 0 Å². The predicted octanol–water partition coefficient (Wildman–Crippen LogP) is 7.63. The van der Waals surface area contributed by atoms with Gasteiger partial charge in [-0.25, -0.2) is 4.79 Å². The Kier molecular flexibility index (Phi) is 9.69. The summed E-state index contributed by atoms with van der Waals surface area (Å²) in [7, 11) is 0. The maximum Gasteiger partial charge on any atom is 0.336 e. The minimum atomic E-state index is -0.763. The first-order chi connectivity index (χ1) is 18.9. The van der Waals surface area contributed by atoms with Crippen LogP contribution in [0.25, 0.3) is 5.70 Å². The van der Waals surface area contributed by atoms with E-state index in [0.717, 1.165) is 24.8 Å². The highest BCUT2D eigenvalue weighted by molar-refractivity contribution is 6.23. The number of rotatable bonds is 14. The van der Waals surface area contributed by atoms with Gasteiger partial charge in [-0.15, -0.1) is 0 Å². The van der Waals surface area contributed by atoms with Crippen LogP contribution in [0.1, 0.15) is 105 Å². The molecule has 2 aromatic carbocycles. The Labute approximate surface area is 230 Å². The number of ether oxygens (including phenoxy) is 1. The van der Waals surface area contributed by atoms with Crippen molar-refractivity contribution in [1.29, 1.82) is 0 Å². The van der Waals surface area contributed by atoms with E-state index in [1.807, 2.05) is 12.1 Å². The lowest BCUT2D eigenvalue weighted by Crippen LogP contribution is -2.29. The van der Waals surface area contributed by atoms with Crippen LogP contribution in [-0.4, -0.2) is 23.3 Å². The van der Waals surface area contributed by atoms with Gasteiger partial charge in [-0.3, -0.25) is 14.9 Å². The van der Waals surface area contributed by atoms with Crippen LogP contribution in [0.15, 0.2) is 65.4 Å². The van der Waals surface area contributed by atoms with Crippen LogP contribution in [0.3, 0.4) is 0 Å². The van der Waals surface area contributed by atoms with Gasteiger partial charge in [0, 0.05) is 40.4 Å². The number of non-ortho nitro benzene ring substituents is 1. The zero-order valence-corrected chi connectivity index (χ0v) is 23.0. The van der Waals surface area contributed by atoms with Gasteiger partial charge in [0.15, 0.2) is 5.78 Å². The van der Waals surface area contributed by atoms with Crippen molar-refractivity contribution < 1.29 is 19.2 Å². The first-order valence-electron chi connectivity index (χ1n) is 14.2. The molecule has 39 heavy (non-hydrogen) atoms. The number of dihydropyridines is 1. The van der Waals surface area contributed by atoms with Crippen molar-refractivity contribution in [2.75, 3.05) is 6.61 Å². The number of esters is 1. The summed E-state index contributed by atoms with van der Waals surface area (Å²) in [6.45, 7) is 4.32. The first kappa shape index (κ1) is 28.3. The lowest BCUT2D eigenvalue weighted by Gasteiger charge is -2.29. The van der Waals surface area contributed by atoms with Crippen molar-refractivity contribution in [1.82, 2.24) is 5.32 Å². The molecule has 0 radical (unpaired) electrons. The van der Waals surface area contributed by atoms with E-state index in [-0.39, 0.29) is 11.5 Å². The smallest absolute Gasteiger partial charge is 0.336 e. The molecule has 2 aromatic rings. The van der Waals surface area contributed by atoms with E-state index in [2.05, 4.69) is 12.2 Å². The fourth-order valence-corrected chi connectivity index (χ4v) is 5.58. The molecule has 1 heterocycles. The summed E-state index contributed by atoms with van der Waals surface area (Å²) >= 11 is 0. The molecule has 7 heteroatoms. The van der Waals surface area contributed by atoms with Gasteiger partial charge in [-0.1, -0.05) is 101 Å². The topological polar surface area (TPSA) is 98.5 Å². The van der Waals surface area contributed by atoms with Crippen LogP contribution in [0, 0.1) is 10.1 Å². The highest BCUT2D eigenvalue weighted by Gasteiger charge is 2.43. The van der Waals surface area contributed by atoms with E-state index < -0.39 is 16.8 Å². The van der Waals surface area contributed by atoms with Crippen LogP contribution in [0.5, 0.6) is 0 Å². The first-order valence-corrected chi connectivity index (χ1v) is 14.2. The number of allylic oxidation sites excluding steroid dienone is 2. The summed E-state index contributed by atoms with van der Waals surface area (Å²) in [4.78, 5) is 38.1. The maximum atomic E-state index is 13.6. The molecule has 0 bridgehead atoms. The minimum absolute atomic E-state index is 0.0909. The van der Waals surface area contributed by atoms with Crippen molar-refractivity contribution >= 4 is 23.1 Å². The number of nitro groups is 1. The second kappa shape index (κ2) is 13.4. The summed E-state index contributed by atoms with van der Waals surface area (Å²) in [6.07, 6.45) is 11.8. The molecule has 1 aliphatic heterocycles. The molecule has 0 saturated carbocycles. The Morgan fingerprint density at radius 1 is 0.923 bits per heavy atom. The largest absolute Gasteiger partial charge is 0.462 e. The van der Waals surface area contributed by atoms with E-state index in [4.69, 9.17) is 4.74 Å². The number of hydrogen-bond donors (Lipinski definition) is 1. The molecule has 2 aliphatic rings. The molecule has 0 fully saturated rings. The number of nitrogens with zero attached hydrogens (tertiary/aromatic N) is 1. The molecule has 1 aliphatic carbocycles. The number of Topliss-reactive ketones (excluding diaryl/α,β-unsaturated/α-hetero) is 1. The molecular formula is C32H38N2O5. The number of unbranched alkanes of at least 4 members (excludes halogenated alkanes) is 9. The highest BCUT2D eigenvalue weighted by atomic mass is 16.6. The third-order valence-electron chi connectivity index (χ3n) is 7.61. The summed E-state index contributed by atoms with van der Waals surface area (Å²) in [5.74, 6) is -1.44. The Morgan fingerprint density at radius 3 is 2.23 bits per heavy atom. The fourth-order valence-electron chi connectivity index (χ4n) is 5.58. The molecule has 0 unspecified atom stereocenters. The number of fused-ring (bicyclic) bond motifs is 2. The van der Waals surface area contributed by atoms with Crippen LogP contribution in [0.4, 0.5) is 5.69 Å². The average Bonchev–Trinajstić information content (AvgIpc) is 3.22. The Hall–Kier alpha value is -3.74. The lowest BCUT2D eigenvalue weighted by molar-refractivity contribution is -0.384. The summed E-state index contributed by atoms with van der Waals surface area (Å²) in [6, 6.07) is 13.5. The Balaban J connectivity index is 1.46.